The van der Waals surface area contributed by atoms with Crippen molar-refractivity contribution in [1.82, 2.24) is 10.2 Å². The van der Waals surface area contributed by atoms with Gasteiger partial charge in [0, 0.05) is 12.3 Å². The van der Waals surface area contributed by atoms with Gasteiger partial charge in [-0.15, -0.1) is 0 Å². The zero-order chi connectivity index (χ0) is 14.8. The molecule has 6 nitrogen and oxygen atoms in total. The van der Waals surface area contributed by atoms with Crippen LogP contribution in [-0.4, -0.2) is 55.3 Å². The first-order valence-electron chi connectivity index (χ1n) is 6.51. The average Bonchev–Trinajstić information content (AvgIpc) is 2.31. The van der Waals surface area contributed by atoms with Gasteiger partial charge in [0.2, 0.25) is 11.8 Å². The van der Waals surface area contributed by atoms with Gasteiger partial charge in [0.25, 0.3) is 0 Å². The highest BCUT2D eigenvalue weighted by atomic mass is 32.2. The molecule has 0 bridgehead atoms. The molecule has 1 aliphatic rings. The maximum atomic E-state index is 12.1. The summed E-state index contributed by atoms with van der Waals surface area (Å²) in [4.78, 5) is 25.5. The van der Waals surface area contributed by atoms with Crippen molar-refractivity contribution in [3.63, 3.8) is 0 Å². The van der Waals surface area contributed by atoms with Gasteiger partial charge < -0.3 is 10.2 Å². The summed E-state index contributed by atoms with van der Waals surface area (Å²) in [5.74, 6) is -0.539. The molecule has 1 rings (SSSR count). The van der Waals surface area contributed by atoms with Crippen LogP contribution in [0.1, 0.15) is 27.7 Å². The molecule has 110 valence electrons. The van der Waals surface area contributed by atoms with Gasteiger partial charge in [-0.2, -0.15) is 0 Å². The van der Waals surface area contributed by atoms with Crippen LogP contribution in [0.25, 0.3) is 0 Å². The topological polar surface area (TPSA) is 83.6 Å². The van der Waals surface area contributed by atoms with E-state index in [0.717, 1.165) is 0 Å². The first-order chi connectivity index (χ1) is 8.69. The van der Waals surface area contributed by atoms with Crippen molar-refractivity contribution in [2.75, 3.05) is 18.1 Å². The molecule has 1 saturated heterocycles. The maximum Gasteiger partial charge on any atom is 0.245 e. The lowest BCUT2D eigenvalue weighted by Crippen LogP contribution is -2.64. The lowest BCUT2D eigenvalue weighted by Gasteiger charge is -2.39. The number of hydrogen-bond acceptors (Lipinski definition) is 4. The second-order valence-corrected chi connectivity index (χ2v) is 7.66. The minimum absolute atomic E-state index is 0.0448. The summed E-state index contributed by atoms with van der Waals surface area (Å²) < 4.78 is 23.1. The zero-order valence-corrected chi connectivity index (χ0v) is 12.7. The minimum atomic E-state index is -3.15. The van der Waals surface area contributed by atoms with Crippen LogP contribution in [0, 0.1) is 5.92 Å². The zero-order valence-electron chi connectivity index (χ0n) is 11.8. The number of piperazine rings is 1. The van der Waals surface area contributed by atoms with Crippen molar-refractivity contribution in [3.8, 4) is 0 Å². The summed E-state index contributed by atoms with van der Waals surface area (Å²) >= 11 is 0. The molecule has 19 heavy (non-hydrogen) atoms. The van der Waals surface area contributed by atoms with Gasteiger partial charge in [0.05, 0.1) is 5.75 Å². The molecule has 1 heterocycles. The Kier molecular flexibility index (Phi) is 4.95. The molecular weight excluding hydrogens is 268 g/mol. The standard InChI is InChI=1S/C12H22N2O4S/c1-5-19(17,18)7-6-14-10(8(2)3)11(15)13-9(4)12(14)16/h8-10H,5-7H2,1-4H3,(H,13,15). The summed E-state index contributed by atoms with van der Waals surface area (Å²) in [6, 6.07) is -1.18. The third-order valence-electron chi connectivity index (χ3n) is 3.33. The fourth-order valence-electron chi connectivity index (χ4n) is 2.18. The van der Waals surface area contributed by atoms with E-state index in [1.807, 2.05) is 13.8 Å². The Bertz CT molecular complexity index is 458. The van der Waals surface area contributed by atoms with Crippen LogP contribution in [0.3, 0.4) is 0 Å². The fraction of sp³-hybridized carbons (Fsp3) is 0.833. The van der Waals surface area contributed by atoms with Crippen molar-refractivity contribution < 1.29 is 18.0 Å². The fourth-order valence-corrected chi connectivity index (χ4v) is 2.95. The second-order valence-electron chi connectivity index (χ2n) is 5.19. The molecule has 0 aromatic carbocycles. The van der Waals surface area contributed by atoms with E-state index in [2.05, 4.69) is 5.32 Å². The molecule has 1 fully saturated rings. The molecule has 0 aliphatic carbocycles. The van der Waals surface area contributed by atoms with Crippen LogP contribution < -0.4 is 5.32 Å². The molecule has 2 atom stereocenters. The molecule has 0 aromatic rings. The molecule has 0 aromatic heterocycles. The van der Waals surface area contributed by atoms with Crippen LogP contribution in [0.5, 0.6) is 0 Å². The summed E-state index contributed by atoms with van der Waals surface area (Å²) in [5, 5.41) is 2.62. The van der Waals surface area contributed by atoms with Crippen molar-refractivity contribution in [2.24, 2.45) is 5.92 Å². The van der Waals surface area contributed by atoms with E-state index in [1.54, 1.807) is 13.8 Å². The van der Waals surface area contributed by atoms with Gasteiger partial charge in [0.1, 0.15) is 12.1 Å². The lowest BCUT2D eigenvalue weighted by atomic mass is 9.97. The number of nitrogens with one attached hydrogen (secondary N) is 1. The Morgan fingerprint density at radius 1 is 1.32 bits per heavy atom. The predicted octanol–water partition coefficient (Wildman–Crippen LogP) is -0.207. The third kappa shape index (κ3) is 3.68. The molecule has 1 aliphatic heterocycles. The van der Waals surface area contributed by atoms with Crippen LogP contribution >= 0.6 is 0 Å². The molecule has 0 spiro atoms. The van der Waals surface area contributed by atoms with E-state index >= 15 is 0 Å². The van der Waals surface area contributed by atoms with Gasteiger partial charge >= 0.3 is 0 Å². The van der Waals surface area contributed by atoms with E-state index < -0.39 is 21.9 Å². The summed E-state index contributed by atoms with van der Waals surface area (Å²) in [7, 11) is -3.15. The smallest absolute Gasteiger partial charge is 0.245 e. The van der Waals surface area contributed by atoms with Crippen molar-refractivity contribution in [3.05, 3.63) is 0 Å². The highest BCUT2D eigenvalue weighted by Crippen LogP contribution is 2.17. The summed E-state index contributed by atoms with van der Waals surface area (Å²) in [6.07, 6.45) is 0. The Morgan fingerprint density at radius 2 is 1.89 bits per heavy atom. The number of rotatable bonds is 5. The molecule has 2 unspecified atom stereocenters. The van der Waals surface area contributed by atoms with Crippen molar-refractivity contribution >= 4 is 21.7 Å². The molecule has 1 N–H and O–H groups in total. The van der Waals surface area contributed by atoms with Crippen LogP contribution in [0.4, 0.5) is 0 Å². The second kappa shape index (κ2) is 5.90. The first kappa shape index (κ1) is 15.9. The van der Waals surface area contributed by atoms with Crippen LogP contribution in [0.2, 0.25) is 0 Å². The van der Waals surface area contributed by atoms with Gasteiger partial charge in [-0.3, -0.25) is 9.59 Å². The first-order valence-corrected chi connectivity index (χ1v) is 8.33. The number of carbonyl (C=O) groups excluding carboxylic acids is 2. The van der Waals surface area contributed by atoms with Crippen LogP contribution in [-0.2, 0) is 19.4 Å². The van der Waals surface area contributed by atoms with E-state index in [9.17, 15) is 18.0 Å². The van der Waals surface area contributed by atoms with E-state index in [1.165, 1.54) is 4.90 Å². The van der Waals surface area contributed by atoms with Crippen molar-refractivity contribution in [2.45, 2.75) is 39.8 Å². The SMILES string of the molecule is CCS(=O)(=O)CCN1C(=O)C(C)NC(=O)C1C(C)C. The van der Waals surface area contributed by atoms with Gasteiger partial charge in [-0.05, 0) is 12.8 Å². The highest BCUT2D eigenvalue weighted by molar-refractivity contribution is 7.91. The number of amides is 2. The lowest BCUT2D eigenvalue weighted by molar-refractivity contribution is -0.150. The molecule has 0 radical (unpaired) electrons. The van der Waals surface area contributed by atoms with E-state index in [4.69, 9.17) is 0 Å². The summed E-state index contributed by atoms with van der Waals surface area (Å²) in [5.41, 5.74) is 0. The predicted molar refractivity (Wildman–Crippen MR) is 72.3 cm³/mol. The average molecular weight is 290 g/mol. The largest absolute Gasteiger partial charge is 0.343 e. The highest BCUT2D eigenvalue weighted by Gasteiger charge is 2.40. The number of sulfone groups is 1. The van der Waals surface area contributed by atoms with Crippen LogP contribution in [0.15, 0.2) is 0 Å². The Hall–Kier alpha value is -1.11. The maximum absolute atomic E-state index is 12.1. The van der Waals surface area contributed by atoms with E-state index in [0.29, 0.717) is 0 Å². The van der Waals surface area contributed by atoms with Gasteiger partial charge in [0.15, 0.2) is 9.84 Å². The number of nitrogens with zero attached hydrogens (tertiary/aromatic N) is 1. The Labute approximate surface area is 114 Å². The summed E-state index contributed by atoms with van der Waals surface area (Å²) in [6.45, 7) is 6.94. The molecular formula is C12H22N2O4S. The monoisotopic (exact) mass is 290 g/mol. The molecule has 0 saturated carbocycles. The Balaban J connectivity index is 2.90. The third-order valence-corrected chi connectivity index (χ3v) is 5.02. The van der Waals surface area contributed by atoms with Crippen molar-refractivity contribution in [1.29, 1.82) is 0 Å². The molecule has 2 amide bonds. The van der Waals surface area contributed by atoms with Gasteiger partial charge in [-0.25, -0.2) is 8.42 Å². The number of carbonyl (C=O) groups is 2. The normalized spacial score (nSPS) is 24.8. The number of hydrogen-bond donors (Lipinski definition) is 1. The molecule has 7 heteroatoms. The van der Waals surface area contributed by atoms with Gasteiger partial charge in [-0.1, -0.05) is 20.8 Å². The minimum Gasteiger partial charge on any atom is -0.343 e. The van der Waals surface area contributed by atoms with E-state index in [-0.39, 0.29) is 35.8 Å². The Morgan fingerprint density at radius 3 is 2.37 bits per heavy atom. The quantitative estimate of drug-likeness (QED) is 0.759.